The summed E-state index contributed by atoms with van der Waals surface area (Å²) in [6.45, 7) is -0.234. The van der Waals surface area contributed by atoms with Gasteiger partial charge in [-0.1, -0.05) is 0 Å². The molecule has 10 N–H and O–H groups in total. The van der Waals surface area contributed by atoms with Crippen LogP contribution in [-0.2, 0) is 6.54 Å². The maximum atomic E-state index is 12.5. The van der Waals surface area contributed by atoms with Gasteiger partial charge in [0.1, 0.15) is 0 Å². The lowest BCUT2D eigenvalue weighted by atomic mass is 9.96. The van der Waals surface area contributed by atoms with Gasteiger partial charge < -0.3 is 37.8 Å². The summed E-state index contributed by atoms with van der Waals surface area (Å²) in [5.41, 5.74) is 14.3. The van der Waals surface area contributed by atoms with Gasteiger partial charge in [0.15, 0.2) is 17.2 Å². The van der Waals surface area contributed by atoms with Gasteiger partial charge in [-0.2, -0.15) is 0 Å². The fraction of sp³-hybridized carbons (Fsp3) is 0.0588. The van der Waals surface area contributed by atoms with Gasteiger partial charge >= 0.3 is 0 Å². The van der Waals surface area contributed by atoms with Crippen molar-refractivity contribution < 1.29 is 34.5 Å². The van der Waals surface area contributed by atoms with Gasteiger partial charge in [0.25, 0.3) is 5.91 Å². The number of amides is 4. The summed E-state index contributed by atoms with van der Waals surface area (Å²) in [6, 6.07) is 4.01. The minimum atomic E-state index is -1.05. The van der Waals surface area contributed by atoms with E-state index in [-0.39, 0.29) is 34.4 Å². The molecule has 4 amide bonds. The van der Waals surface area contributed by atoms with Crippen LogP contribution in [0.5, 0.6) is 17.2 Å². The Labute approximate surface area is 157 Å². The second-order valence-corrected chi connectivity index (χ2v) is 5.70. The number of hydrogen-bond donors (Lipinski definition) is 7. The third-order valence-corrected chi connectivity index (χ3v) is 3.78. The molecule has 0 aliphatic heterocycles. The summed E-state index contributed by atoms with van der Waals surface area (Å²) in [7, 11) is 0. The van der Waals surface area contributed by atoms with Gasteiger partial charge in [-0.15, -0.1) is 0 Å². The van der Waals surface area contributed by atoms with Crippen molar-refractivity contribution in [2.45, 2.75) is 6.54 Å². The van der Waals surface area contributed by atoms with E-state index in [1.807, 2.05) is 0 Å². The number of benzene rings is 2. The number of hydrogen-bond acceptors (Lipinski definition) is 7. The van der Waals surface area contributed by atoms with Crippen LogP contribution in [0.4, 0.5) is 0 Å². The average molecular weight is 388 g/mol. The second-order valence-electron chi connectivity index (χ2n) is 5.70. The van der Waals surface area contributed by atoms with E-state index in [1.54, 1.807) is 0 Å². The highest BCUT2D eigenvalue weighted by Gasteiger charge is 2.23. The molecule has 0 bridgehead atoms. The zero-order valence-electron chi connectivity index (χ0n) is 14.2. The van der Waals surface area contributed by atoms with Crippen LogP contribution in [0, 0.1) is 0 Å². The highest BCUT2D eigenvalue weighted by Crippen LogP contribution is 2.35. The molecule has 0 radical (unpaired) electrons. The Hall–Kier alpha value is -4.28. The van der Waals surface area contributed by atoms with Gasteiger partial charge in [-0.25, -0.2) is 0 Å². The molecule has 0 saturated carbocycles. The third-order valence-electron chi connectivity index (χ3n) is 3.78. The first kappa shape index (κ1) is 20.0. The quantitative estimate of drug-likeness (QED) is 0.306. The lowest BCUT2D eigenvalue weighted by Gasteiger charge is -2.12. The summed E-state index contributed by atoms with van der Waals surface area (Å²) >= 11 is 0. The first-order valence-electron chi connectivity index (χ1n) is 7.62. The molecule has 2 rings (SSSR count). The monoisotopic (exact) mass is 388 g/mol. The van der Waals surface area contributed by atoms with Crippen molar-refractivity contribution in [2.24, 2.45) is 17.2 Å². The van der Waals surface area contributed by atoms with E-state index in [0.29, 0.717) is 0 Å². The Bertz CT molecular complexity index is 994. The Kier molecular flexibility index (Phi) is 5.39. The predicted octanol–water partition coefficient (Wildman–Crippen LogP) is -0.970. The smallest absolute Gasteiger partial charge is 0.252 e. The van der Waals surface area contributed by atoms with E-state index in [1.165, 1.54) is 0 Å². The number of phenolic OH excluding ortho intramolecular Hbond substituents is 3. The molecule has 11 nitrogen and oxygen atoms in total. The number of carbonyl (C=O) groups is 4. The number of phenols is 3. The number of rotatable bonds is 6. The molecule has 2 aromatic carbocycles. The van der Waals surface area contributed by atoms with E-state index in [0.717, 1.165) is 24.3 Å². The molecule has 0 unspecified atom stereocenters. The molecule has 11 heteroatoms. The molecule has 0 aliphatic carbocycles. The molecule has 0 spiro atoms. The normalized spacial score (nSPS) is 10.3. The molecule has 0 aliphatic rings. The fourth-order valence-corrected chi connectivity index (χ4v) is 2.44. The number of primary amides is 3. The van der Waals surface area contributed by atoms with Crippen molar-refractivity contribution in [3.05, 3.63) is 52.1 Å². The predicted molar refractivity (Wildman–Crippen MR) is 94.6 cm³/mol. The highest BCUT2D eigenvalue weighted by atomic mass is 16.3. The highest BCUT2D eigenvalue weighted by molar-refractivity contribution is 6.13. The molecule has 0 aromatic heterocycles. The Balaban J connectivity index is 2.41. The fourth-order valence-electron chi connectivity index (χ4n) is 2.44. The van der Waals surface area contributed by atoms with Crippen LogP contribution in [0.25, 0.3) is 0 Å². The van der Waals surface area contributed by atoms with E-state index < -0.39 is 40.9 Å². The topological polar surface area (TPSA) is 219 Å². The van der Waals surface area contributed by atoms with E-state index >= 15 is 0 Å². The molecule has 0 heterocycles. The number of nitrogens with two attached hydrogens (primary N) is 3. The van der Waals surface area contributed by atoms with Gasteiger partial charge in [0, 0.05) is 6.54 Å². The van der Waals surface area contributed by atoms with Gasteiger partial charge in [0.2, 0.25) is 17.7 Å². The van der Waals surface area contributed by atoms with Crippen LogP contribution in [0.15, 0.2) is 24.3 Å². The molecular formula is C17H16N4O7. The summed E-state index contributed by atoms with van der Waals surface area (Å²) < 4.78 is 0. The van der Waals surface area contributed by atoms with E-state index in [9.17, 15) is 34.5 Å². The van der Waals surface area contributed by atoms with Crippen molar-refractivity contribution >= 4 is 23.6 Å². The summed E-state index contributed by atoms with van der Waals surface area (Å²) in [5.74, 6) is -5.94. The first-order valence-corrected chi connectivity index (χ1v) is 7.62. The molecule has 28 heavy (non-hydrogen) atoms. The van der Waals surface area contributed by atoms with Crippen molar-refractivity contribution in [3.63, 3.8) is 0 Å². The van der Waals surface area contributed by atoms with Crippen LogP contribution in [-0.4, -0.2) is 38.9 Å². The van der Waals surface area contributed by atoms with Gasteiger partial charge in [0.05, 0.1) is 22.3 Å². The van der Waals surface area contributed by atoms with Crippen molar-refractivity contribution in [2.75, 3.05) is 0 Å². The Morgan fingerprint density at radius 1 is 0.714 bits per heavy atom. The van der Waals surface area contributed by atoms with Crippen LogP contribution in [0.1, 0.15) is 47.0 Å². The number of carbonyl (C=O) groups excluding carboxylic acids is 4. The zero-order chi connectivity index (χ0) is 21.2. The van der Waals surface area contributed by atoms with Crippen molar-refractivity contribution in [1.82, 2.24) is 5.32 Å². The zero-order valence-corrected chi connectivity index (χ0v) is 14.2. The lowest BCUT2D eigenvalue weighted by Crippen LogP contribution is -2.29. The summed E-state index contributed by atoms with van der Waals surface area (Å²) in [6.07, 6.45) is 0. The van der Waals surface area contributed by atoms with Gasteiger partial charge in [-0.3, -0.25) is 19.2 Å². The van der Waals surface area contributed by atoms with E-state index in [4.69, 9.17) is 17.2 Å². The molecular weight excluding hydrogens is 372 g/mol. The Morgan fingerprint density at radius 3 is 1.54 bits per heavy atom. The van der Waals surface area contributed by atoms with Crippen LogP contribution in [0.2, 0.25) is 0 Å². The SMILES string of the molecule is NC(=O)c1cc(C(N)=O)c(C(=O)NCc2cc(O)c(O)c(O)c2)cc1C(N)=O. The van der Waals surface area contributed by atoms with E-state index in [2.05, 4.69) is 5.32 Å². The minimum absolute atomic E-state index is 0.214. The molecule has 146 valence electrons. The lowest BCUT2D eigenvalue weighted by molar-refractivity contribution is 0.0931. The second kappa shape index (κ2) is 7.53. The van der Waals surface area contributed by atoms with Crippen LogP contribution in [0.3, 0.4) is 0 Å². The number of nitrogens with one attached hydrogen (secondary N) is 1. The summed E-state index contributed by atoms with van der Waals surface area (Å²) in [5, 5.41) is 30.7. The average Bonchev–Trinajstić information content (AvgIpc) is 2.62. The molecule has 2 aromatic rings. The van der Waals surface area contributed by atoms with Crippen molar-refractivity contribution in [3.8, 4) is 17.2 Å². The molecule has 0 atom stereocenters. The largest absolute Gasteiger partial charge is 0.504 e. The van der Waals surface area contributed by atoms with Crippen LogP contribution >= 0.6 is 0 Å². The first-order chi connectivity index (χ1) is 13.0. The molecule has 0 saturated heterocycles. The number of aromatic hydroxyl groups is 3. The van der Waals surface area contributed by atoms with Crippen molar-refractivity contribution in [1.29, 1.82) is 0 Å². The molecule has 0 fully saturated rings. The maximum Gasteiger partial charge on any atom is 0.252 e. The standard InChI is InChI=1S/C17H16N4O7/c18-14(25)7-3-9(16(20)27)10(4-8(7)15(19)26)17(28)21-5-6-1-11(22)13(24)12(23)2-6/h1-4,22-24H,5H2,(H2,18,25)(H2,19,26)(H2,20,27)(H,21,28). The maximum absolute atomic E-state index is 12.5. The summed E-state index contributed by atoms with van der Waals surface area (Å²) in [4.78, 5) is 47.2. The minimum Gasteiger partial charge on any atom is -0.504 e. The Morgan fingerprint density at radius 2 is 1.11 bits per heavy atom. The van der Waals surface area contributed by atoms with Crippen LogP contribution < -0.4 is 22.5 Å². The third kappa shape index (κ3) is 3.93. The van der Waals surface area contributed by atoms with Gasteiger partial charge in [-0.05, 0) is 29.8 Å².